The van der Waals surface area contributed by atoms with E-state index in [0.29, 0.717) is 19.5 Å². The number of fused-ring (bicyclic) bond motifs is 1. The van der Waals surface area contributed by atoms with E-state index >= 15 is 0 Å². The Kier molecular flexibility index (Phi) is 3.56. The summed E-state index contributed by atoms with van der Waals surface area (Å²) in [6, 6.07) is 9.97. The summed E-state index contributed by atoms with van der Waals surface area (Å²) in [6.07, 6.45) is 2.59. The van der Waals surface area contributed by atoms with Crippen molar-refractivity contribution in [3.8, 4) is 0 Å². The zero-order chi connectivity index (χ0) is 14.8. The van der Waals surface area contributed by atoms with Gasteiger partial charge >= 0.3 is 5.97 Å². The predicted molar refractivity (Wildman–Crippen MR) is 77.8 cm³/mol. The molecule has 0 aliphatic carbocycles. The highest BCUT2D eigenvalue weighted by atomic mass is 16.4. The van der Waals surface area contributed by atoms with Crippen LogP contribution in [-0.2, 0) is 16.0 Å². The number of hydrogen-bond acceptors (Lipinski definition) is 3. The molecule has 1 aromatic carbocycles. The Morgan fingerprint density at radius 1 is 1.38 bits per heavy atom. The Labute approximate surface area is 122 Å². The number of rotatable bonds is 4. The van der Waals surface area contributed by atoms with E-state index in [1.165, 1.54) is 0 Å². The van der Waals surface area contributed by atoms with Crippen LogP contribution in [-0.4, -0.2) is 40.0 Å². The topological polar surface area (TPSA) is 70.5 Å². The van der Waals surface area contributed by atoms with Gasteiger partial charge in [-0.3, -0.25) is 14.6 Å². The van der Waals surface area contributed by atoms with Crippen molar-refractivity contribution >= 4 is 22.8 Å². The first-order valence-electron chi connectivity index (χ1n) is 6.98. The maximum Gasteiger partial charge on any atom is 0.308 e. The van der Waals surface area contributed by atoms with E-state index in [0.717, 1.165) is 16.5 Å². The summed E-state index contributed by atoms with van der Waals surface area (Å²) in [5, 5.41) is 10.1. The molecule has 1 N–H and O–H groups in total. The van der Waals surface area contributed by atoms with E-state index in [4.69, 9.17) is 5.11 Å². The molecule has 0 bridgehead atoms. The van der Waals surface area contributed by atoms with Gasteiger partial charge in [0.05, 0.1) is 11.4 Å². The number of carboxylic acids is 1. The number of likely N-dealkylation sites (tertiary alicyclic amines) is 1. The quantitative estimate of drug-likeness (QED) is 0.928. The molecule has 0 spiro atoms. The molecule has 21 heavy (non-hydrogen) atoms. The molecular formula is C16H16N2O3. The lowest BCUT2D eigenvalue weighted by Crippen LogP contribution is -2.28. The zero-order valence-electron chi connectivity index (χ0n) is 11.5. The lowest BCUT2D eigenvalue weighted by Gasteiger charge is -2.15. The maximum absolute atomic E-state index is 11.8. The molecule has 3 rings (SSSR count). The minimum atomic E-state index is -0.888. The first-order valence-corrected chi connectivity index (χ1v) is 6.98. The van der Waals surface area contributed by atoms with Crippen molar-refractivity contribution in [3.05, 3.63) is 42.1 Å². The van der Waals surface area contributed by atoms with Crippen molar-refractivity contribution in [1.29, 1.82) is 0 Å². The van der Waals surface area contributed by atoms with Crippen LogP contribution in [0.4, 0.5) is 0 Å². The number of aliphatic carboxylic acids is 1. The van der Waals surface area contributed by atoms with Gasteiger partial charge in [0.2, 0.25) is 5.91 Å². The van der Waals surface area contributed by atoms with Gasteiger partial charge in [-0.05, 0) is 24.1 Å². The standard InChI is InChI=1S/C16H16N2O3/c19-15-9-13(16(20)21)10-18(15)7-5-11-3-4-12-2-1-6-17-14(12)8-11/h1-4,6,8,13H,5,7,9-10H2,(H,20,21). The van der Waals surface area contributed by atoms with Gasteiger partial charge in [-0.15, -0.1) is 0 Å². The van der Waals surface area contributed by atoms with Crippen LogP contribution in [0.25, 0.3) is 10.9 Å². The van der Waals surface area contributed by atoms with E-state index in [1.54, 1.807) is 11.1 Å². The molecule has 1 unspecified atom stereocenters. The summed E-state index contributed by atoms with van der Waals surface area (Å²) < 4.78 is 0. The second-order valence-electron chi connectivity index (χ2n) is 5.36. The van der Waals surface area contributed by atoms with Crippen LogP contribution in [0.15, 0.2) is 36.5 Å². The van der Waals surface area contributed by atoms with Gasteiger partial charge in [-0.25, -0.2) is 0 Å². The lowest BCUT2D eigenvalue weighted by molar-refractivity contribution is -0.141. The van der Waals surface area contributed by atoms with Gasteiger partial charge in [0.15, 0.2) is 0 Å². The molecule has 1 aliphatic rings. The highest BCUT2D eigenvalue weighted by Gasteiger charge is 2.33. The number of nitrogens with zero attached hydrogens (tertiary/aromatic N) is 2. The summed E-state index contributed by atoms with van der Waals surface area (Å²) in [4.78, 5) is 28.7. The lowest BCUT2D eigenvalue weighted by atomic mass is 10.1. The van der Waals surface area contributed by atoms with Crippen LogP contribution in [0.5, 0.6) is 0 Å². The molecule has 5 nitrogen and oxygen atoms in total. The average Bonchev–Trinajstić information content (AvgIpc) is 2.86. The van der Waals surface area contributed by atoms with Gasteiger partial charge in [-0.1, -0.05) is 18.2 Å². The molecule has 1 fully saturated rings. The molecule has 1 aromatic heterocycles. The third-order valence-electron chi connectivity index (χ3n) is 3.90. The zero-order valence-corrected chi connectivity index (χ0v) is 11.5. The highest BCUT2D eigenvalue weighted by molar-refractivity contribution is 5.86. The molecule has 1 atom stereocenters. The van der Waals surface area contributed by atoms with Gasteiger partial charge in [0, 0.05) is 31.1 Å². The fourth-order valence-corrected chi connectivity index (χ4v) is 2.69. The van der Waals surface area contributed by atoms with Crippen LogP contribution in [0.1, 0.15) is 12.0 Å². The van der Waals surface area contributed by atoms with Crippen LogP contribution in [0.2, 0.25) is 0 Å². The molecule has 2 aromatic rings. The Morgan fingerprint density at radius 2 is 2.24 bits per heavy atom. The molecule has 1 saturated heterocycles. The fourth-order valence-electron chi connectivity index (χ4n) is 2.69. The second kappa shape index (κ2) is 5.52. The second-order valence-corrected chi connectivity index (χ2v) is 5.36. The maximum atomic E-state index is 11.8. The predicted octanol–water partition coefficient (Wildman–Crippen LogP) is 1.71. The molecule has 108 valence electrons. The van der Waals surface area contributed by atoms with Crippen molar-refractivity contribution < 1.29 is 14.7 Å². The van der Waals surface area contributed by atoms with Crippen molar-refractivity contribution in [2.45, 2.75) is 12.8 Å². The van der Waals surface area contributed by atoms with Crippen LogP contribution < -0.4 is 0 Å². The molecular weight excluding hydrogens is 268 g/mol. The number of carbonyl (C=O) groups excluding carboxylic acids is 1. The third-order valence-corrected chi connectivity index (χ3v) is 3.90. The van der Waals surface area contributed by atoms with E-state index in [1.807, 2.05) is 30.3 Å². The number of carboxylic acid groups (broad SMARTS) is 1. The van der Waals surface area contributed by atoms with Gasteiger partial charge < -0.3 is 10.0 Å². The summed E-state index contributed by atoms with van der Waals surface area (Å²) in [6.45, 7) is 0.876. The molecule has 2 heterocycles. The Hall–Kier alpha value is -2.43. The van der Waals surface area contributed by atoms with Gasteiger partial charge in [-0.2, -0.15) is 0 Å². The molecule has 1 aliphatic heterocycles. The molecule has 5 heteroatoms. The SMILES string of the molecule is O=C(O)C1CC(=O)N(CCc2ccc3cccnc3c2)C1. The van der Waals surface area contributed by atoms with Crippen LogP contribution in [0, 0.1) is 5.92 Å². The number of benzene rings is 1. The van der Waals surface area contributed by atoms with Gasteiger partial charge in [0.1, 0.15) is 0 Å². The highest BCUT2D eigenvalue weighted by Crippen LogP contribution is 2.19. The number of carbonyl (C=O) groups is 2. The number of pyridine rings is 1. The molecule has 1 amide bonds. The van der Waals surface area contributed by atoms with Crippen LogP contribution >= 0.6 is 0 Å². The minimum absolute atomic E-state index is 0.0682. The Morgan fingerprint density at radius 3 is 3.00 bits per heavy atom. The minimum Gasteiger partial charge on any atom is -0.481 e. The average molecular weight is 284 g/mol. The van der Waals surface area contributed by atoms with Crippen LogP contribution in [0.3, 0.4) is 0 Å². The monoisotopic (exact) mass is 284 g/mol. The third kappa shape index (κ3) is 2.86. The van der Waals surface area contributed by atoms with Crippen molar-refractivity contribution in [1.82, 2.24) is 9.88 Å². The molecule has 0 radical (unpaired) electrons. The van der Waals surface area contributed by atoms with E-state index in [2.05, 4.69) is 4.98 Å². The largest absolute Gasteiger partial charge is 0.481 e. The van der Waals surface area contributed by atoms with Crippen molar-refractivity contribution in [2.24, 2.45) is 5.92 Å². The smallest absolute Gasteiger partial charge is 0.308 e. The summed E-state index contributed by atoms with van der Waals surface area (Å²) >= 11 is 0. The molecule has 0 saturated carbocycles. The summed E-state index contributed by atoms with van der Waals surface area (Å²) in [5.41, 5.74) is 2.04. The summed E-state index contributed by atoms with van der Waals surface area (Å²) in [5.74, 6) is -1.52. The van der Waals surface area contributed by atoms with Crippen molar-refractivity contribution in [3.63, 3.8) is 0 Å². The first kappa shape index (κ1) is 13.5. The van der Waals surface area contributed by atoms with Crippen molar-refractivity contribution in [2.75, 3.05) is 13.1 Å². The summed E-state index contributed by atoms with van der Waals surface area (Å²) in [7, 11) is 0. The van der Waals surface area contributed by atoms with Gasteiger partial charge in [0.25, 0.3) is 0 Å². The normalized spacial score (nSPS) is 18.4. The fraction of sp³-hybridized carbons (Fsp3) is 0.312. The Bertz CT molecular complexity index is 699. The number of aromatic nitrogens is 1. The van der Waals surface area contributed by atoms with E-state index < -0.39 is 11.9 Å². The number of hydrogen-bond donors (Lipinski definition) is 1. The Balaban J connectivity index is 1.66. The van der Waals surface area contributed by atoms with E-state index in [-0.39, 0.29) is 12.3 Å². The number of amides is 1. The van der Waals surface area contributed by atoms with E-state index in [9.17, 15) is 9.59 Å². The first-order chi connectivity index (χ1) is 10.1.